The summed E-state index contributed by atoms with van der Waals surface area (Å²) >= 11 is 0. The molecule has 3 aromatic rings. The van der Waals surface area contributed by atoms with Gasteiger partial charge in [0.25, 0.3) is 0 Å². The lowest BCUT2D eigenvalue weighted by Crippen LogP contribution is -1.94. The van der Waals surface area contributed by atoms with Gasteiger partial charge in [0.15, 0.2) is 11.6 Å². The molecule has 0 saturated heterocycles. The van der Waals surface area contributed by atoms with Crippen LogP contribution in [0.25, 0.3) is 22.8 Å². The van der Waals surface area contributed by atoms with E-state index in [1.807, 2.05) is 30.3 Å². The number of benzene rings is 1. The van der Waals surface area contributed by atoms with E-state index in [-0.39, 0.29) is 5.76 Å². The van der Waals surface area contributed by atoms with Crippen LogP contribution < -0.4 is 0 Å². The Morgan fingerprint density at radius 3 is 2.50 bits per heavy atom. The zero-order valence-electron chi connectivity index (χ0n) is 10.1. The Kier molecular flexibility index (Phi) is 2.92. The quantitative estimate of drug-likeness (QED) is 0.723. The van der Waals surface area contributed by atoms with Crippen LogP contribution in [0.3, 0.4) is 0 Å². The second-order valence-corrected chi connectivity index (χ2v) is 5.46. The zero-order chi connectivity index (χ0) is 14.2. The number of furan rings is 1. The van der Waals surface area contributed by atoms with Gasteiger partial charge in [0.05, 0.1) is 11.9 Å². The molecular weight excluding hydrogens is 280 g/mol. The summed E-state index contributed by atoms with van der Waals surface area (Å²) in [7, 11) is -4.34. The number of aromatic amines is 1. The Labute approximate surface area is 114 Å². The summed E-state index contributed by atoms with van der Waals surface area (Å²) in [6, 6.07) is 12.2. The molecule has 0 aliphatic carbocycles. The summed E-state index contributed by atoms with van der Waals surface area (Å²) in [6.45, 7) is 0. The highest BCUT2D eigenvalue weighted by Gasteiger charge is 2.17. The van der Waals surface area contributed by atoms with Crippen molar-refractivity contribution in [2.45, 2.75) is 5.09 Å². The molecule has 2 N–H and O–H groups in total. The van der Waals surface area contributed by atoms with Gasteiger partial charge in [-0.15, -0.1) is 0 Å². The molecule has 0 bridgehead atoms. The van der Waals surface area contributed by atoms with Crippen LogP contribution in [0.2, 0.25) is 0 Å². The van der Waals surface area contributed by atoms with E-state index >= 15 is 0 Å². The van der Waals surface area contributed by atoms with Crippen LogP contribution in [0.4, 0.5) is 0 Å². The van der Waals surface area contributed by atoms with Crippen molar-refractivity contribution in [1.29, 1.82) is 0 Å². The van der Waals surface area contributed by atoms with E-state index in [2.05, 4.69) is 9.97 Å². The molecule has 2 aromatic heterocycles. The van der Waals surface area contributed by atoms with Crippen molar-refractivity contribution in [3.05, 3.63) is 48.7 Å². The highest BCUT2D eigenvalue weighted by atomic mass is 32.2. The molecule has 0 unspecified atom stereocenters. The fraction of sp³-hybridized carbons (Fsp3) is 0. The molecule has 0 amide bonds. The van der Waals surface area contributed by atoms with Crippen molar-refractivity contribution >= 4 is 10.1 Å². The van der Waals surface area contributed by atoms with Gasteiger partial charge in [-0.1, -0.05) is 30.3 Å². The van der Waals surface area contributed by atoms with E-state index in [4.69, 9.17) is 8.97 Å². The number of hydrogen-bond donors (Lipinski definition) is 2. The number of imidazole rings is 1. The van der Waals surface area contributed by atoms with Gasteiger partial charge in [-0.05, 0) is 17.7 Å². The van der Waals surface area contributed by atoms with Crippen molar-refractivity contribution < 1.29 is 17.4 Å². The molecule has 7 heteroatoms. The minimum atomic E-state index is -4.34. The summed E-state index contributed by atoms with van der Waals surface area (Å²) < 4.78 is 35.8. The summed E-state index contributed by atoms with van der Waals surface area (Å²) in [5.74, 6) is 0.624. The van der Waals surface area contributed by atoms with Crippen LogP contribution in [0.5, 0.6) is 0 Å². The van der Waals surface area contributed by atoms with Crippen molar-refractivity contribution in [2.24, 2.45) is 0 Å². The van der Waals surface area contributed by atoms with Crippen LogP contribution in [0.15, 0.2) is 58.2 Å². The lowest BCUT2D eigenvalue weighted by molar-refractivity contribution is 0.412. The first-order valence-electron chi connectivity index (χ1n) is 5.72. The molecule has 6 nitrogen and oxygen atoms in total. The van der Waals surface area contributed by atoms with Crippen molar-refractivity contribution in [2.75, 3.05) is 0 Å². The molecule has 0 radical (unpaired) electrons. The van der Waals surface area contributed by atoms with Crippen LogP contribution in [0.1, 0.15) is 0 Å². The van der Waals surface area contributed by atoms with Gasteiger partial charge >= 0.3 is 10.1 Å². The van der Waals surface area contributed by atoms with Gasteiger partial charge < -0.3 is 9.40 Å². The first kappa shape index (κ1) is 12.6. The Balaban J connectivity index is 1.97. The molecular formula is C13H10N2O4S. The fourth-order valence-electron chi connectivity index (χ4n) is 1.80. The number of aromatic nitrogens is 2. The highest BCUT2D eigenvalue weighted by Crippen LogP contribution is 2.25. The van der Waals surface area contributed by atoms with E-state index in [1.165, 1.54) is 12.1 Å². The maximum atomic E-state index is 10.9. The molecule has 3 rings (SSSR count). The second-order valence-electron chi connectivity index (χ2n) is 4.11. The second kappa shape index (κ2) is 4.62. The van der Waals surface area contributed by atoms with E-state index in [0.29, 0.717) is 5.82 Å². The third-order valence-electron chi connectivity index (χ3n) is 2.73. The van der Waals surface area contributed by atoms with Crippen LogP contribution in [0, 0.1) is 0 Å². The zero-order valence-corrected chi connectivity index (χ0v) is 11.0. The van der Waals surface area contributed by atoms with E-state index < -0.39 is 15.2 Å². The van der Waals surface area contributed by atoms with Crippen molar-refractivity contribution in [3.8, 4) is 22.8 Å². The summed E-state index contributed by atoms with van der Waals surface area (Å²) in [5, 5.41) is -0.509. The van der Waals surface area contributed by atoms with Crippen LogP contribution in [-0.4, -0.2) is 22.9 Å². The summed E-state index contributed by atoms with van der Waals surface area (Å²) in [6.07, 6.45) is 1.63. The largest absolute Gasteiger partial charge is 0.439 e. The maximum Gasteiger partial charge on any atom is 0.328 e. The number of nitrogens with one attached hydrogen (secondary N) is 1. The van der Waals surface area contributed by atoms with Crippen LogP contribution >= 0.6 is 0 Å². The molecule has 2 heterocycles. The van der Waals surface area contributed by atoms with Gasteiger partial charge in [0, 0.05) is 0 Å². The molecule has 0 aliphatic heterocycles. The minimum absolute atomic E-state index is 0.236. The number of H-pyrrole nitrogens is 1. The first-order chi connectivity index (χ1) is 9.54. The molecule has 0 saturated carbocycles. The maximum absolute atomic E-state index is 10.9. The van der Waals surface area contributed by atoms with Gasteiger partial charge in [-0.25, -0.2) is 4.98 Å². The van der Waals surface area contributed by atoms with Crippen LogP contribution in [-0.2, 0) is 10.1 Å². The Hall–Kier alpha value is -2.38. The van der Waals surface area contributed by atoms with Gasteiger partial charge in [0.1, 0.15) is 0 Å². The van der Waals surface area contributed by atoms with Gasteiger partial charge in [-0.3, -0.25) is 4.55 Å². The summed E-state index contributed by atoms with van der Waals surface area (Å²) in [4.78, 5) is 7.16. The topological polar surface area (TPSA) is 96.2 Å². The van der Waals surface area contributed by atoms with E-state index in [9.17, 15) is 8.42 Å². The molecule has 102 valence electrons. The predicted molar refractivity (Wildman–Crippen MR) is 71.5 cm³/mol. The van der Waals surface area contributed by atoms with E-state index in [1.54, 1.807) is 6.20 Å². The SMILES string of the molecule is O=S(=O)(O)c1ccc(-c2ncc(-c3ccccc3)[nH]2)o1. The van der Waals surface area contributed by atoms with Crippen molar-refractivity contribution in [1.82, 2.24) is 9.97 Å². The lowest BCUT2D eigenvalue weighted by Gasteiger charge is -1.95. The first-order valence-corrected chi connectivity index (χ1v) is 7.16. The number of rotatable bonds is 3. The fourth-order valence-corrected chi connectivity index (χ4v) is 2.23. The third kappa shape index (κ3) is 2.36. The molecule has 1 aromatic carbocycles. The third-order valence-corrected chi connectivity index (χ3v) is 3.46. The normalized spacial score (nSPS) is 11.7. The molecule has 0 fully saturated rings. The number of hydrogen-bond acceptors (Lipinski definition) is 4. The Bertz CT molecular complexity index is 834. The monoisotopic (exact) mass is 290 g/mol. The minimum Gasteiger partial charge on any atom is -0.439 e. The Morgan fingerprint density at radius 1 is 1.10 bits per heavy atom. The van der Waals surface area contributed by atoms with E-state index in [0.717, 1.165) is 11.3 Å². The predicted octanol–water partition coefficient (Wildman–Crippen LogP) is 2.58. The molecule has 20 heavy (non-hydrogen) atoms. The average molecular weight is 290 g/mol. The van der Waals surface area contributed by atoms with Crippen molar-refractivity contribution in [3.63, 3.8) is 0 Å². The molecule has 0 spiro atoms. The van der Waals surface area contributed by atoms with Gasteiger partial charge in [-0.2, -0.15) is 8.42 Å². The average Bonchev–Trinajstić information content (AvgIpc) is 3.08. The summed E-state index contributed by atoms with van der Waals surface area (Å²) in [5.41, 5.74) is 1.73. The smallest absolute Gasteiger partial charge is 0.328 e. The van der Waals surface area contributed by atoms with Gasteiger partial charge in [0.2, 0.25) is 5.09 Å². The number of nitrogens with zero attached hydrogens (tertiary/aromatic N) is 1. The Morgan fingerprint density at radius 2 is 1.85 bits per heavy atom. The lowest BCUT2D eigenvalue weighted by atomic mass is 10.2. The highest BCUT2D eigenvalue weighted by molar-refractivity contribution is 7.85. The standard InChI is InChI=1S/C13H10N2O4S/c16-20(17,18)12-7-6-11(19-12)13-14-8-10(15-13)9-4-2-1-3-5-9/h1-8H,(H,14,15)(H,16,17,18). The molecule has 0 aliphatic rings. The molecule has 0 atom stereocenters.